The normalized spacial score (nSPS) is 19.6. The van der Waals surface area contributed by atoms with Crippen LogP contribution in [0.25, 0.3) is 0 Å². The van der Waals surface area contributed by atoms with Crippen molar-refractivity contribution >= 4 is 27.5 Å². The number of nitrogens with zero attached hydrogens (tertiary/aromatic N) is 2. The number of amides is 1. The molecule has 0 bridgehead atoms. The van der Waals surface area contributed by atoms with Gasteiger partial charge in [-0.3, -0.25) is 4.79 Å². The minimum absolute atomic E-state index is 0.137. The Labute approximate surface area is 186 Å². The quantitative estimate of drug-likeness (QED) is 0.676. The molecule has 2 fully saturated rings. The highest BCUT2D eigenvalue weighted by Crippen LogP contribution is 2.25. The topological polar surface area (TPSA) is 69.7 Å². The zero-order valence-corrected chi connectivity index (χ0v) is 19.5. The van der Waals surface area contributed by atoms with E-state index in [0.29, 0.717) is 25.7 Å². The maximum Gasteiger partial charge on any atom is 0.252 e. The summed E-state index contributed by atoms with van der Waals surface area (Å²) in [5.74, 6) is -0.329. The van der Waals surface area contributed by atoms with Crippen LogP contribution in [0.3, 0.4) is 0 Å². The van der Waals surface area contributed by atoms with Gasteiger partial charge in [0.1, 0.15) is 0 Å². The highest BCUT2D eigenvalue weighted by molar-refractivity contribution is 7.89. The predicted molar refractivity (Wildman–Crippen MR) is 121 cm³/mol. The summed E-state index contributed by atoms with van der Waals surface area (Å²) in [6, 6.07) is 5.01. The second-order valence-electron chi connectivity index (χ2n) is 8.49. The first-order chi connectivity index (χ1) is 14.4. The van der Waals surface area contributed by atoms with Crippen LogP contribution in [0.5, 0.6) is 0 Å². The molecular formula is C22H34ClN3O3S. The summed E-state index contributed by atoms with van der Waals surface area (Å²) in [5.41, 5.74) is 0.216. The number of carbonyl (C=O) groups excluding carboxylic acids is 1. The number of rotatable bonds is 7. The number of likely N-dealkylation sites (N-methyl/N-ethyl adjacent to an activating group) is 1. The molecule has 0 spiro atoms. The van der Waals surface area contributed by atoms with Crippen molar-refractivity contribution in [1.29, 1.82) is 0 Å². The average Bonchev–Trinajstić information content (AvgIpc) is 3.04. The molecule has 1 amide bonds. The number of hydrogen-bond acceptors (Lipinski definition) is 4. The Bertz CT molecular complexity index is 817. The molecule has 1 heterocycles. The summed E-state index contributed by atoms with van der Waals surface area (Å²) in [5, 5.41) is 3.17. The van der Waals surface area contributed by atoms with E-state index in [0.717, 1.165) is 32.2 Å². The average molecular weight is 456 g/mol. The van der Waals surface area contributed by atoms with Crippen molar-refractivity contribution in [3.8, 4) is 0 Å². The van der Waals surface area contributed by atoms with Gasteiger partial charge in [0.25, 0.3) is 5.91 Å². The van der Waals surface area contributed by atoms with E-state index < -0.39 is 10.0 Å². The van der Waals surface area contributed by atoms with E-state index in [1.165, 1.54) is 54.6 Å². The van der Waals surface area contributed by atoms with Crippen molar-refractivity contribution in [3.63, 3.8) is 0 Å². The van der Waals surface area contributed by atoms with Gasteiger partial charge in [0.2, 0.25) is 10.0 Å². The maximum absolute atomic E-state index is 13.0. The molecule has 8 heteroatoms. The fourth-order valence-corrected chi connectivity index (χ4v) is 6.16. The SMILES string of the molecule is CN(CCNC(=O)c1cc(S(=O)(=O)N2CCCCCC2)ccc1Cl)C1CCCCC1. The molecule has 168 valence electrons. The second-order valence-corrected chi connectivity index (χ2v) is 10.8. The molecule has 1 aliphatic heterocycles. The van der Waals surface area contributed by atoms with E-state index in [-0.39, 0.29) is 21.4 Å². The number of nitrogens with one attached hydrogen (secondary N) is 1. The lowest BCUT2D eigenvalue weighted by Gasteiger charge is -2.31. The third kappa shape index (κ3) is 5.96. The molecule has 6 nitrogen and oxygen atoms in total. The molecule has 1 aliphatic carbocycles. The zero-order valence-electron chi connectivity index (χ0n) is 17.9. The summed E-state index contributed by atoms with van der Waals surface area (Å²) in [7, 11) is -1.52. The monoisotopic (exact) mass is 455 g/mol. The first-order valence-corrected chi connectivity index (χ1v) is 13.0. The Morgan fingerprint density at radius 3 is 2.40 bits per heavy atom. The molecule has 1 saturated carbocycles. The van der Waals surface area contributed by atoms with Gasteiger partial charge >= 0.3 is 0 Å². The van der Waals surface area contributed by atoms with E-state index in [4.69, 9.17) is 11.6 Å². The lowest BCUT2D eigenvalue weighted by atomic mass is 9.94. The van der Waals surface area contributed by atoms with Crippen LogP contribution in [-0.2, 0) is 10.0 Å². The predicted octanol–water partition coefficient (Wildman–Crippen LogP) is 3.90. The van der Waals surface area contributed by atoms with Crippen LogP contribution in [0.2, 0.25) is 5.02 Å². The minimum Gasteiger partial charge on any atom is -0.351 e. The number of benzene rings is 1. The van der Waals surface area contributed by atoms with Gasteiger partial charge in [-0.1, -0.05) is 43.7 Å². The lowest BCUT2D eigenvalue weighted by molar-refractivity contribution is 0.0944. The molecule has 2 aliphatic rings. The first kappa shape index (κ1) is 23.5. The van der Waals surface area contributed by atoms with Gasteiger partial charge in [0.05, 0.1) is 15.5 Å². The Hall–Kier alpha value is -1.15. The Morgan fingerprint density at radius 1 is 1.10 bits per heavy atom. The Balaban J connectivity index is 1.63. The molecule has 0 unspecified atom stereocenters. The summed E-state index contributed by atoms with van der Waals surface area (Å²) >= 11 is 6.24. The first-order valence-electron chi connectivity index (χ1n) is 11.2. The summed E-state index contributed by atoms with van der Waals surface area (Å²) < 4.78 is 27.6. The van der Waals surface area contributed by atoms with Crippen molar-refractivity contribution in [2.45, 2.75) is 68.7 Å². The molecule has 0 radical (unpaired) electrons. The van der Waals surface area contributed by atoms with Crippen LogP contribution in [-0.4, -0.2) is 62.8 Å². The van der Waals surface area contributed by atoms with Crippen LogP contribution in [0.1, 0.15) is 68.1 Å². The fourth-order valence-electron chi connectivity index (χ4n) is 4.42. The van der Waals surface area contributed by atoms with Crippen molar-refractivity contribution in [2.24, 2.45) is 0 Å². The summed E-state index contributed by atoms with van der Waals surface area (Å²) in [4.78, 5) is 15.2. The number of halogens is 1. The third-order valence-corrected chi connectivity index (χ3v) is 8.56. The van der Waals surface area contributed by atoms with Crippen LogP contribution in [0.4, 0.5) is 0 Å². The molecule has 3 rings (SSSR count). The van der Waals surface area contributed by atoms with Crippen LogP contribution >= 0.6 is 11.6 Å². The highest BCUT2D eigenvalue weighted by Gasteiger charge is 2.26. The van der Waals surface area contributed by atoms with E-state index in [9.17, 15) is 13.2 Å². The molecule has 30 heavy (non-hydrogen) atoms. The lowest BCUT2D eigenvalue weighted by Crippen LogP contribution is -2.39. The van der Waals surface area contributed by atoms with E-state index in [1.54, 1.807) is 0 Å². The van der Waals surface area contributed by atoms with Crippen molar-refractivity contribution < 1.29 is 13.2 Å². The summed E-state index contributed by atoms with van der Waals surface area (Å²) in [6.45, 7) is 2.32. The second kappa shape index (κ2) is 10.9. The maximum atomic E-state index is 13.0. The van der Waals surface area contributed by atoms with Crippen LogP contribution < -0.4 is 5.32 Å². The molecule has 1 saturated heterocycles. The smallest absolute Gasteiger partial charge is 0.252 e. The standard InChI is InChI=1S/C22H34ClN3O3S/c1-25(18-9-5-4-6-10-18)16-13-24-22(27)20-17-19(11-12-21(20)23)30(28,29)26-14-7-2-3-8-15-26/h11-12,17-18H,2-10,13-16H2,1H3,(H,24,27). The molecule has 0 aromatic heterocycles. The molecule has 0 atom stereocenters. The van der Waals surface area contributed by atoms with Gasteiger partial charge < -0.3 is 10.2 Å². The highest BCUT2D eigenvalue weighted by atomic mass is 35.5. The van der Waals surface area contributed by atoms with Crippen LogP contribution in [0, 0.1) is 0 Å². The van der Waals surface area contributed by atoms with Crippen molar-refractivity contribution in [3.05, 3.63) is 28.8 Å². The van der Waals surface area contributed by atoms with Gasteiger partial charge in [-0.05, 0) is 50.9 Å². The largest absolute Gasteiger partial charge is 0.351 e. The number of sulfonamides is 1. The van der Waals surface area contributed by atoms with E-state index in [1.807, 2.05) is 0 Å². The van der Waals surface area contributed by atoms with Gasteiger partial charge in [0.15, 0.2) is 0 Å². The van der Waals surface area contributed by atoms with Gasteiger partial charge in [-0.25, -0.2) is 8.42 Å². The Kier molecular flexibility index (Phi) is 8.57. The fraction of sp³-hybridized carbons (Fsp3) is 0.682. The van der Waals surface area contributed by atoms with Crippen LogP contribution in [0.15, 0.2) is 23.1 Å². The van der Waals surface area contributed by atoms with Gasteiger partial charge in [-0.2, -0.15) is 4.31 Å². The number of hydrogen-bond donors (Lipinski definition) is 1. The molecule has 1 aromatic carbocycles. The third-order valence-electron chi connectivity index (χ3n) is 6.33. The van der Waals surface area contributed by atoms with E-state index in [2.05, 4.69) is 17.3 Å². The minimum atomic E-state index is -3.62. The van der Waals surface area contributed by atoms with Crippen molar-refractivity contribution in [1.82, 2.24) is 14.5 Å². The van der Waals surface area contributed by atoms with Gasteiger partial charge in [-0.15, -0.1) is 0 Å². The van der Waals surface area contributed by atoms with E-state index >= 15 is 0 Å². The Morgan fingerprint density at radius 2 is 1.73 bits per heavy atom. The van der Waals surface area contributed by atoms with Crippen molar-refractivity contribution in [2.75, 3.05) is 33.2 Å². The zero-order chi connectivity index (χ0) is 21.6. The summed E-state index contributed by atoms with van der Waals surface area (Å²) in [6.07, 6.45) is 10.1. The van der Waals surface area contributed by atoms with Gasteiger partial charge in [0, 0.05) is 32.2 Å². The molecular weight excluding hydrogens is 422 g/mol. The number of carbonyl (C=O) groups is 1. The molecule has 1 aromatic rings. The molecule has 1 N–H and O–H groups in total.